The Kier molecular flexibility index (Phi) is 5.40. The number of aromatic nitrogens is 4. The quantitative estimate of drug-likeness (QED) is 0.693. The maximum Gasteiger partial charge on any atom is 0.251 e. The zero-order valence-electron chi connectivity index (χ0n) is 12.9. The summed E-state index contributed by atoms with van der Waals surface area (Å²) in [5.74, 6) is 0.239. The van der Waals surface area contributed by atoms with Crippen LogP contribution in [0.4, 0.5) is 0 Å². The number of hydrogen-bond donors (Lipinski definition) is 1. The highest BCUT2D eigenvalue weighted by atomic mass is 32.2. The topological polar surface area (TPSA) is 110 Å². The Morgan fingerprint density at radius 1 is 1.43 bits per heavy atom. The monoisotopic (exact) mass is 338 g/mol. The summed E-state index contributed by atoms with van der Waals surface area (Å²) < 4.78 is 25.2. The van der Waals surface area contributed by atoms with Crippen LogP contribution < -0.4 is 5.32 Å². The lowest BCUT2D eigenvalue weighted by Crippen LogP contribution is -2.31. The van der Waals surface area contributed by atoms with Crippen molar-refractivity contribution in [3.05, 3.63) is 36.5 Å². The van der Waals surface area contributed by atoms with Crippen LogP contribution in [-0.4, -0.2) is 64.8 Å². The molecule has 0 radical (unpaired) electrons. The minimum absolute atomic E-state index is 0.254. The number of carbonyl (C=O) groups is 1. The average Bonchev–Trinajstić information content (AvgIpc) is 3.04. The molecule has 0 spiro atoms. The van der Waals surface area contributed by atoms with E-state index in [9.17, 15) is 13.2 Å². The van der Waals surface area contributed by atoms with E-state index in [2.05, 4.69) is 20.4 Å². The van der Waals surface area contributed by atoms with E-state index in [1.54, 1.807) is 12.1 Å². The number of hydrogen-bond acceptors (Lipinski definition) is 6. The lowest BCUT2D eigenvalue weighted by Gasteiger charge is -2.13. The van der Waals surface area contributed by atoms with Gasteiger partial charge in [-0.15, -0.1) is 0 Å². The molecule has 9 nitrogen and oxygen atoms in total. The molecule has 2 heterocycles. The molecule has 23 heavy (non-hydrogen) atoms. The second kappa shape index (κ2) is 7.29. The van der Waals surface area contributed by atoms with Crippen LogP contribution in [0.1, 0.15) is 16.8 Å². The zero-order valence-corrected chi connectivity index (χ0v) is 13.7. The van der Waals surface area contributed by atoms with Crippen molar-refractivity contribution in [2.75, 3.05) is 26.4 Å². The fourth-order valence-corrected chi connectivity index (χ4v) is 2.24. The summed E-state index contributed by atoms with van der Waals surface area (Å²) in [5, 5.41) is 6.70. The zero-order chi connectivity index (χ0) is 16.9. The van der Waals surface area contributed by atoms with Crippen LogP contribution in [0.5, 0.6) is 0 Å². The lowest BCUT2D eigenvalue weighted by molar-refractivity contribution is 0.0952. The summed E-state index contributed by atoms with van der Waals surface area (Å²) in [6.07, 6.45) is 6.06. The van der Waals surface area contributed by atoms with Crippen molar-refractivity contribution in [2.24, 2.45) is 0 Å². The van der Waals surface area contributed by atoms with E-state index < -0.39 is 10.0 Å². The van der Waals surface area contributed by atoms with Crippen LogP contribution in [-0.2, 0) is 10.0 Å². The molecule has 0 fully saturated rings. The predicted octanol–water partition coefficient (Wildman–Crippen LogP) is -0.326. The Hall–Kier alpha value is -2.33. The molecular formula is C13H18N6O3S. The van der Waals surface area contributed by atoms with Gasteiger partial charge in [-0.1, -0.05) is 0 Å². The normalized spacial score (nSPS) is 11.6. The van der Waals surface area contributed by atoms with Gasteiger partial charge in [0.1, 0.15) is 12.7 Å². The van der Waals surface area contributed by atoms with Gasteiger partial charge < -0.3 is 5.32 Å². The third-order valence-electron chi connectivity index (χ3n) is 3.16. The molecule has 0 atom stereocenters. The summed E-state index contributed by atoms with van der Waals surface area (Å²) in [4.78, 5) is 20.0. The van der Waals surface area contributed by atoms with Gasteiger partial charge in [0.05, 0.1) is 6.26 Å². The number of nitrogens with one attached hydrogen (secondary N) is 1. The molecule has 0 unspecified atom stereocenters. The molecule has 0 bridgehead atoms. The van der Waals surface area contributed by atoms with Gasteiger partial charge in [-0.25, -0.2) is 27.4 Å². The molecule has 1 amide bonds. The smallest absolute Gasteiger partial charge is 0.251 e. The molecule has 0 aliphatic carbocycles. The van der Waals surface area contributed by atoms with E-state index in [4.69, 9.17) is 0 Å². The second-order valence-electron chi connectivity index (χ2n) is 4.94. The van der Waals surface area contributed by atoms with Crippen LogP contribution >= 0.6 is 0 Å². The summed E-state index contributed by atoms with van der Waals surface area (Å²) in [6, 6.07) is 3.20. The Morgan fingerprint density at radius 2 is 2.22 bits per heavy atom. The Morgan fingerprint density at radius 3 is 2.87 bits per heavy atom. The summed E-state index contributed by atoms with van der Waals surface area (Å²) in [6.45, 7) is 0.722. The minimum Gasteiger partial charge on any atom is -0.352 e. The Labute approximate surface area is 134 Å². The van der Waals surface area contributed by atoms with Crippen molar-refractivity contribution >= 4 is 15.9 Å². The van der Waals surface area contributed by atoms with Crippen LogP contribution in [0.15, 0.2) is 31.0 Å². The number of amides is 1. The molecule has 0 saturated heterocycles. The maximum absolute atomic E-state index is 12.1. The van der Waals surface area contributed by atoms with E-state index in [1.165, 1.54) is 34.9 Å². The van der Waals surface area contributed by atoms with E-state index in [0.717, 1.165) is 6.26 Å². The van der Waals surface area contributed by atoms with E-state index in [0.29, 0.717) is 30.9 Å². The molecule has 0 aliphatic rings. The van der Waals surface area contributed by atoms with Crippen molar-refractivity contribution in [3.63, 3.8) is 0 Å². The van der Waals surface area contributed by atoms with Crippen molar-refractivity contribution < 1.29 is 13.2 Å². The third-order valence-corrected chi connectivity index (χ3v) is 4.48. The molecule has 2 aromatic heterocycles. The molecule has 0 aromatic carbocycles. The van der Waals surface area contributed by atoms with Crippen molar-refractivity contribution in [1.82, 2.24) is 29.4 Å². The lowest BCUT2D eigenvalue weighted by atomic mass is 10.2. The van der Waals surface area contributed by atoms with Gasteiger partial charge in [-0.05, 0) is 18.6 Å². The van der Waals surface area contributed by atoms with E-state index in [1.807, 2.05) is 0 Å². The Bertz CT molecular complexity index is 760. The van der Waals surface area contributed by atoms with Crippen LogP contribution in [0, 0.1) is 0 Å². The number of sulfonamides is 1. The molecule has 0 aliphatic heterocycles. The van der Waals surface area contributed by atoms with Crippen LogP contribution in [0.3, 0.4) is 0 Å². The van der Waals surface area contributed by atoms with E-state index in [-0.39, 0.29) is 5.91 Å². The highest BCUT2D eigenvalue weighted by molar-refractivity contribution is 7.88. The average molecular weight is 338 g/mol. The molecule has 2 aromatic rings. The fraction of sp³-hybridized carbons (Fsp3) is 0.385. The minimum atomic E-state index is -3.19. The number of carbonyl (C=O) groups excluding carboxylic acids is 1. The van der Waals surface area contributed by atoms with Gasteiger partial charge in [-0.2, -0.15) is 5.10 Å². The van der Waals surface area contributed by atoms with Gasteiger partial charge >= 0.3 is 0 Å². The first-order valence-corrected chi connectivity index (χ1v) is 8.73. The van der Waals surface area contributed by atoms with Crippen molar-refractivity contribution in [3.8, 4) is 5.82 Å². The summed E-state index contributed by atoms with van der Waals surface area (Å²) in [5.41, 5.74) is 0.446. The molecule has 2 rings (SSSR count). The molecule has 10 heteroatoms. The van der Waals surface area contributed by atoms with Gasteiger partial charge in [-0.3, -0.25) is 4.79 Å². The van der Waals surface area contributed by atoms with Crippen LogP contribution in [0.25, 0.3) is 5.82 Å². The molecule has 1 N–H and O–H groups in total. The first-order chi connectivity index (χ1) is 10.9. The highest BCUT2D eigenvalue weighted by Crippen LogP contribution is 2.05. The first kappa shape index (κ1) is 17.0. The molecule has 0 saturated carbocycles. The highest BCUT2D eigenvalue weighted by Gasteiger charge is 2.11. The first-order valence-electron chi connectivity index (χ1n) is 6.88. The predicted molar refractivity (Wildman–Crippen MR) is 83.6 cm³/mol. The fourth-order valence-electron chi connectivity index (χ4n) is 1.78. The van der Waals surface area contributed by atoms with E-state index >= 15 is 0 Å². The summed E-state index contributed by atoms with van der Waals surface area (Å²) in [7, 11) is -1.69. The number of rotatable bonds is 7. The maximum atomic E-state index is 12.1. The van der Waals surface area contributed by atoms with Crippen LogP contribution in [0.2, 0.25) is 0 Å². The molecule has 124 valence electrons. The van der Waals surface area contributed by atoms with Crippen molar-refractivity contribution in [2.45, 2.75) is 6.42 Å². The number of nitrogens with zero attached hydrogens (tertiary/aromatic N) is 5. The van der Waals surface area contributed by atoms with Gasteiger partial charge in [0.15, 0.2) is 5.82 Å². The Balaban J connectivity index is 1.88. The largest absolute Gasteiger partial charge is 0.352 e. The van der Waals surface area contributed by atoms with Gasteiger partial charge in [0, 0.05) is 31.9 Å². The second-order valence-corrected chi connectivity index (χ2v) is 7.03. The van der Waals surface area contributed by atoms with Gasteiger partial charge in [0.2, 0.25) is 10.0 Å². The molecular weight excluding hydrogens is 320 g/mol. The standard InChI is InChI=1S/C13H18N6O3S/c1-18(23(2,21)22)7-3-5-16-13(20)11-4-6-15-12(8-11)19-10-14-9-17-19/h4,6,8-10H,3,5,7H2,1-2H3,(H,16,20). The summed E-state index contributed by atoms with van der Waals surface area (Å²) >= 11 is 0. The van der Waals surface area contributed by atoms with Gasteiger partial charge in [0.25, 0.3) is 5.91 Å². The number of pyridine rings is 1. The SMILES string of the molecule is CN(CCCNC(=O)c1ccnc(-n2cncn2)c1)S(C)(=O)=O. The van der Waals surface area contributed by atoms with Crippen molar-refractivity contribution in [1.29, 1.82) is 0 Å². The third kappa shape index (κ3) is 4.83.